The van der Waals surface area contributed by atoms with Gasteiger partial charge in [0.05, 0.1) is 10.2 Å². The topological polar surface area (TPSA) is 72.6 Å². The Bertz CT molecular complexity index is 940. The van der Waals surface area contributed by atoms with Gasteiger partial charge in [0.25, 0.3) is 5.91 Å². The van der Waals surface area contributed by atoms with E-state index in [1.165, 1.54) is 16.2 Å². The second kappa shape index (κ2) is 7.29. The average Bonchev–Trinajstić information content (AvgIpc) is 3.14. The zero-order valence-corrected chi connectivity index (χ0v) is 16.0. The van der Waals surface area contributed by atoms with Gasteiger partial charge in [0, 0.05) is 12.1 Å². The molecule has 0 aliphatic rings. The fourth-order valence-electron chi connectivity index (χ4n) is 2.77. The molecule has 136 valence electrons. The minimum absolute atomic E-state index is 0.310. The fraction of sp³-hybridized carbons (Fsp3) is 0.316. The van der Waals surface area contributed by atoms with Crippen LogP contribution in [0.4, 0.5) is 5.13 Å². The molecule has 0 atom stereocenters. The van der Waals surface area contributed by atoms with Gasteiger partial charge in [-0.05, 0) is 39.8 Å². The number of para-hydroxylation sites is 1. The largest absolute Gasteiger partial charge is 0.465 e. The maximum atomic E-state index is 12.6. The van der Waals surface area contributed by atoms with E-state index in [1.807, 2.05) is 31.2 Å². The summed E-state index contributed by atoms with van der Waals surface area (Å²) >= 11 is 1.44. The van der Waals surface area contributed by atoms with Crippen LogP contribution >= 0.6 is 11.3 Å². The van der Waals surface area contributed by atoms with E-state index >= 15 is 0 Å². The molecule has 0 saturated heterocycles. The zero-order chi connectivity index (χ0) is 18.8. The maximum absolute atomic E-state index is 12.6. The van der Waals surface area contributed by atoms with Gasteiger partial charge in [-0.15, -0.1) is 0 Å². The molecule has 0 aliphatic heterocycles. The Hall–Kier alpha value is -2.67. The number of aromatic nitrogens is 1. The number of benzene rings is 1. The van der Waals surface area contributed by atoms with Crippen molar-refractivity contribution < 1.29 is 18.7 Å². The van der Waals surface area contributed by atoms with Crippen molar-refractivity contribution in [2.45, 2.75) is 27.7 Å². The van der Waals surface area contributed by atoms with E-state index in [4.69, 9.17) is 9.15 Å². The predicted molar refractivity (Wildman–Crippen MR) is 101 cm³/mol. The van der Waals surface area contributed by atoms with Crippen LogP contribution in [0.5, 0.6) is 0 Å². The minimum atomic E-state index is -0.550. The molecule has 2 heterocycles. The van der Waals surface area contributed by atoms with Crippen molar-refractivity contribution in [2.75, 3.05) is 18.1 Å². The summed E-state index contributed by atoms with van der Waals surface area (Å²) < 4.78 is 11.7. The van der Waals surface area contributed by atoms with Crippen LogP contribution in [0.25, 0.3) is 10.2 Å². The van der Waals surface area contributed by atoms with Crippen molar-refractivity contribution in [1.29, 1.82) is 0 Å². The van der Waals surface area contributed by atoms with Crippen LogP contribution in [0.3, 0.4) is 0 Å². The molecule has 2 aromatic heterocycles. The molecule has 0 spiro atoms. The van der Waals surface area contributed by atoms with Gasteiger partial charge < -0.3 is 9.15 Å². The van der Waals surface area contributed by atoms with E-state index in [-0.39, 0.29) is 12.5 Å². The second-order valence-corrected chi connectivity index (χ2v) is 6.90. The van der Waals surface area contributed by atoms with E-state index in [0.717, 1.165) is 15.8 Å². The van der Waals surface area contributed by atoms with Crippen LogP contribution in [0, 0.1) is 20.8 Å². The van der Waals surface area contributed by atoms with Gasteiger partial charge in [-0.3, -0.25) is 9.69 Å². The standard InChI is InChI=1S/C19H20N2O4S/c1-5-21(19-20-14-8-6-7-9-15(14)26-19)16(22)10-24-18(23)17-11(2)12(3)25-13(17)4/h6-9H,5,10H2,1-4H3. The molecule has 3 aromatic rings. The molecule has 26 heavy (non-hydrogen) atoms. The summed E-state index contributed by atoms with van der Waals surface area (Å²) in [4.78, 5) is 30.9. The maximum Gasteiger partial charge on any atom is 0.342 e. The van der Waals surface area contributed by atoms with Gasteiger partial charge >= 0.3 is 5.97 Å². The highest BCUT2D eigenvalue weighted by atomic mass is 32.1. The molecule has 0 aliphatic carbocycles. The molecule has 1 amide bonds. The van der Waals surface area contributed by atoms with Gasteiger partial charge in [0.2, 0.25) is 0 Å². The third-order valence-electron chi connectivity index (χ3n) is 4.22. The Morgan fingerprint density at radius 2 is 1.92 bits per heavy atom. The van der Waals surface area contributed by atoms with Crippen molar-refractivity contribution in [1.82, 2.24) is 4.98 Å². The molecule has 0 fully saturated rings. The van der Waals surface area contributed by atoms with E-state index in [9.17, 15) is 9.59 Å². The molecule has 0 bridgehead atoms. The number of fused-ring (bicyclic) bond motifs is 1. The first-order valence-electron chi connectivity index (χ1n) is 8.32. The van der Waals surface area contributed by atoms with Crippen molar-refractivity contribution >= 4 is 38.6 Å². The Morgan fingerprint density at radius 3 is 2.54 bits per heavy atom. The fourth-order valence-corrected chi connectivity index (χ4v) is 3.81. The Balaban J connectivity index is 1.72. The molecule has 0 unspecified atom stereocenters. The van der Waals surface area contributed by atoms with Crippen molar-refractivity contribution in [2.24, 2.45) is 0 Å². The number of amides is 1. The second-order valence-electron chi connectivity index (χ2n) is 5.89. The van der Waals surface area contributed by atoms with E-state index in [2.05, 4.69) is 4.98 Å². The van der Waals surface area contributed by atoms with Gasteiger partial charge in [-0.25, -0.2) is 9.78 Å². The highest BCUT2D eigenvalue weighted by molar-refractivity contribution is 7.22. The van der Waals surface area contributed by atoms with Crippen LogP contribution in [-0.2, 0) is 9.53 Å². The molecule has 0 N–H and O–H groups in total. The summed E-state index contributed by atoms with van der Waals surface area (Å²) in [7, 11) is 0. The summed E-state index contributed by atoms with van der Waals surface area (Å²) in [6.07, 6.45) is 0. The summed E-state index contributed by atoms with van der Waals surface area (Å²) in [6, 6.07) is 7.70. The Kier molecular flexibility index (Phi) is 5.08. The molecular formula is C19H20N2O4S. The highest BCUT2D eigenvalue weighted by Gasteiger charge is 2.23. The van der Waals surface area contributed by atoms with E-state index in [1.54, 1.807) is 20.8 Å². The lowest BCUT2D eigenvalue weighted by Gasteiger charge is -2.17. The number of hydrogen-bond acceptors (Lipinski definition) is 6. The van der Waals surface area contributed by atoms with Crippen LogP contribution in [-0.4, -0.2) is 30.0 Å². The molecule has 1 aromatic carbocycles. The van der Waals surface area contributed by atoms with Gasteiger partial charge in [-0.1, -0.05) is 23.5 Å². The van der Waals surface area contributed by atoms with Crippen LogP contribution in [0.15, 0.2) is 28.7 Å². The van der Waals surface area contributed by atoms with Gasteiger partial charge in [-0.2, -0.15) is 0 Å². The first kappa shape index (κ1) is 18.1. The van der Waals surface area contributed by atoms with E-state index < -0.39 is 5.97 Å². The number of hydrogen-bond donors (Lipinski definition) is 0. The van der Waals surface area contributed by atoms with Crippen LogP contribution in [0.2, 0.25) is 0 Å². The summed E-state index contributed by atoms with van der Waals surface area (Å²) in [5.74, 6) is 0.308. The summed E-state index contributed by atoms with van der Waals surface area (Å²) in [5.41, 5.74) is 1.97. The number of furan rings is 1. The van der Waals surface area contributed by atoms with Crippen molar-refractivity contribution in [3.8, 4) is 0 Å². The first-order chi connectivity index (χ1) is 12.4. The van der Waals surface area contributed by atoms with Crippen molar-refractivity contribution in [3.05, 3.63) is 46.9 Å². The average molecular weight is 372 g/mol. The number of anilines is 1. The Morgan fingerprint density at radius 1 is 1.19 bits per heavy atom. The number of carbonyl (C=O) groups excluding carboxylic acids is 2. The predicted octanol–water partition coefficient (Wildman–Crippen LogP) is 4.02. The third-order valence-corrected chi connectivity index (χ3v) is 5.28. The molecule has 6 nitrogen and oxygen atoms in total. The molecule has 3 rings (SSSR count). The number of esters is 1. The lowest BCUT2D eigenvalue weighted by Crippen LogP contribution is -2.34. The smallest absolute Gasteiger partial charge is 0.342 e. The first-order valence-corrected chi connectivity index (χ1v) is 9.13. The minimum Gasteiger partial charge on any atom is -0.465 e. The molecule has 0 radical (unpaired) electrons. The highest BCUT2D eigenvalue weighted by Crippen LogP contribution is 2.28. The monoisotopic (exact) mass is 372 g/mol. The van der Waals surface area contributed by atoms with Crippen LogP contribution in [0.1, 0.15) is 34.4 Å². The number of carbonyl (C=O) groups is 2. The SMILES string of the molecule is CCN(C(=O)COC(=O)c1c(C)oc(C)c1C)c1nc2ccccc2s1. The quantitative estimate of drug-likeness (QED) is 0.633. The zero-order valence-electron chi connectivity index (χ0n) is 15.2. The summed E-state index contributed by atoms with van der Waals surface area (Å²) in [6.45, 7) is 7.25. The van der Waals surface area contributed by atoms with Crippen molar-refractivity contribution in [3.63, 3.8) is 0 Å². The number of ether oxygens (including phenoxy) is 1. The van der Waals surface area contributed by atoms with Crippen LogP contribution < -0.4 is 4.90 Å². The van der Waals surface area contributed by atoms with Gasteiger partial charge in [0.1, 0.15) is 17.1 Å². The third kappa shape index (κ3) is 3.35. The lowest BCUT2D eigenvalue weighted by molar-refractivity contribution is -0.121. The number of rotatable bonds is 5. The number of likely N-dealkylation sites (N-methyl/N-ethyl adjacent to an activating group) is 1. The molecular weight excluding hydrogens is 352 g/mol. The number of nitrogens with zero attached hydrogens (tertiary/aromatic N) is 2. The lowest BCUT2D eigenvalue weighted by atomic mass is 10.1. The normalized spacial score (nSPS) is 10.9. The number of thiazole rings is 1. The Labute approximate surface area is 155 Å². The molecule has 7 heteroatoms. The summed E-state index contributed by atoms with van der Waals surface area (Å²) in [5, 5.41) is 0.598. The number of aryl methyl sites for hydroxylation is 2. The van der Waals surface area contributed by atoms with E-state index in [0.29, 0.717) is 28.8 Å². The van der Waals surface area contributed by atoms with Gasteiger partial charge in [0.15, 0.2) is 11.7 Å². The molecule has 0 saturated carbocycles.